The van der Waals surface area contributed by atoms with E-state index in [-0.39, 0.29) is 5.91 Å². The summed E-state index contributed by atoms with van der Waals surface area (Å²) in [4.78, 5) is 17.1. The van der Waals surface area contributed by atoms with Gasteiger partial charge in [-0.25, -0.2) is 4.68 Å². The van der Waals surface area contributed by atoms with E-state index in [1.54, 1.807) is 22.9 Å². The van der Waals surface area contributed by atoms with Crippen molar-refractivity contribution >= 4 is 41.3 Å². The summed E-state index contributed by atoms with van der Waals surface area (Å²) in [6.45, 7) is 3.56. The molecule has 1 heterocycles. The molecular formula is C15H20Cl2N5OS+. The van der Waals surface area contributed by atoms with Gasteiger partial charge in [-0.05, 0) is 36.8 Å². The zero-order valence-corrected chi connectivity index (χ0v) is 15.9. The molecule has 0 saturated heterocycles. The Morgan fingerprint density at radius 1 is 1.46 bits per heavy atom. The minimum atomic E-state index is 0.0151. The number of halogens is 2. The number of aromatic amines is 1. The fraction of sp³-hybridized carbons (Fsp3) is 0.400. The Balaban J connectivity index is 2.09. The Labute approximate surface area is 155 Å². The van der Waals surface area contributed by atoms with Crippen LogP contribution in [0.1, 0.15) is 13.3 Å². The largest absolute Gasteiger partial charge is 0.351 e. The van der Waals surface area contributed by atoms with E-state index in [2.05, 4.69) is 15.4 Å². The van der Waals surface area contributed by atoms with Gasteiger partial charge in [0, 0.05) is 17.1 Å². The Bertz CT molecular complexity index is 773. The lowest BCUT2D eigenvalue weighted by atomic mass is 10.2. The molecule has 1 unspecified atom stereocenters. The van der Waals surface area contributed by atoms with Crippen LogP contribution in [-0.2, 0) is 11.5 Å². The molecule has 0 spiro atoms. The third-order valence-electron chi connectivity index (χ3n) is 3.33. The van der Waals surface area contributed by atoms with Crippen LogP contribution in [0.25, 0.3) is 11.4 Å². The number of hydrogen-bond donors (Lipinski definition) is 3. The van der Waals surface area contributed by atoms with Crippen LogP contribution in [0.5, 0.6) is 0 Å². The number of carbonyl (C=O) groups excluding carboxylic acids is 1. The number of nitrogens with one attached hydrogen (secondary N) is 3. The minimum absolute atomic E-state index is 0.0151. The number of likely N-dealkylation sites (N-methyl/N-ethyl adjacent to an activating group) is 1. The first-order chi connectivity index (χ1) is 11.4. The number of benzene rings is 1. The lowest BCUT2D eigenvalue weighted by molar-refractivity contribution is -0.895. The summed E-state index contributed by atoms with van der Waals surface area (Å²) in [7, 11) is 1.92. The quantitative estimate of drug-likeness (QED) is 0.634. The molecule has 0 radical (unpaired) electrons. The van der Waals surface area contributed by atoms with Gasteiger partial charge in [0.1, 0.15) is 0 Å². The molecule has 24 heavy (non-hydrogen) atoms. The minimum Gasteiger partial charge on any atom is -0.351 e. The van der Waals surface area contributed by atoms with E-state index in [1.165, 1.54) is 0 Å². The molecular weight excluding hydrogens is 369 g/mol. The van der Waals surface area contributed by atoms with Crippen LogP contribution in [-0.4, -0.2) is 40.8 Å². The van der Waals surface area contributed by atoms with E-state index >= 15 is 0 Å². The van der Waals surface area contributed by atoms with E-state index in [9.17, 15) is 4.79 Å². The number of carbonyl (C=O) groups is 1. The fourth-order valence-corrected chi connectivity index (χ4v) is 2.89. The zero-order valence-electron chi connectivity index (χ0n) is 13.5. The smallest absolute Gasteiger partial charge is 0.275 e. The predicted molar refractivity (Wildman–Crippen MR) is 97.9 cm³/mol. The van der Waals surface area contributed by atoms with Crippen molar-refractivity contribution in [2.45, 2.75) is 20.0 Å². The Morgan fingerprint density at radius 2 is 2.21 bits per heavy atom. The summed E-state index contributed by atoms with van der Waals surface area (Å²) in [5.74, 6) is 0.589. The van der Waals surface area contributed by atoms with E-state index in [4.69, 9.17) is 35.4 Å². The van der Waals surface area contributed by atoms with Crippen LogP contribution < -0.4 is 10.2 Å². The van der Waals surface area contributed by atoms with Crippen molar-refractivity contribution in [3.8, 4) is 11.4 Å². The topological polar surface area (TPSA) is 67.2 Å². The molecule has 0 bridgehead atoms. The molecule has 0 saturated carbocycles. The van der Waals surface area contributed by atoms with Crippen molar-refractivity contribution in [3.05, 3.63) is 33.0 Å². The normalized spacial score (nSPS) is 12.2. The number of quaternary nitrogens is 1. The van der Waals surface area contributed by atoms with Gasteiger partial charge in [-0.15, -0.1) is 0 Å². The lowest BCUT2D eigenvalue weighted by Gasteiger charge is -2.13. The number of amides is 1. The highest BCUT2D eigenvalue weighted by Crippen LogP contribution is 2.27. The number of nitrogens with zero attached hydrogens (tertiary/aromatic N) is 2. The molecule has 9 heteroatoms. The van der Waals surface area contributed by atoms with Crippen molar-refractivity contribution in [2.75, 3.05) is 20.1 Å². The summed E-state index contributed by atoms with van der Waals surface area (Å²) in [6.07, 6.45) is 0.918. The maximum Gasteiger partial charge on any atom is 0.275 e. The molecule has 1 aromatic heterocycles. The second-order valence-corrected chi connectivity index (χ2v) is 6.76. The molecule has 3 N–H and O–H groups in total. The Morgan fingerprint density at radius 3 is 2.88 bits per heavy atom. The number of aromatic nitrogens is 3. The molecule has 2 rings (SSSR count). The number of hydrogen-bond acceptors (Lipinski definition) is 3. The van der Waals surface area contributed by atoms with Crippen LogP contribution in [0.3, 0.4) is 0 Å². The van der Waals surface area contributed by atoms with Crippen LogP contribution in [0.2, 0.25) is 10.0 Å². The lowest BCUT2D eigenvalue weighted by Crippen LogP contribution is -3.09. The molecule has 6 nitrogen and oxygen atoms in total. The molecule has 0 aliphatic heterocycles. The molecule has 0 aliphatic rings. The second kappa shape index (κ2) is 8.62. The zero-order chi connectivity index (χ0) is 17.7. The van der Waals surface area contributed by atoms with Gasteiger partial charge >= 0.3 is 0 Å². The third kappa shape index (κ3) is 5.04. The van der Waals surface area contributed by atoms with E-state index < -0.39 is 0 Å². The molecule has 2 aromatic rings. The molecule has 1 amide bonds. The van der Waals surface area contributed by atoms with Crippen molar-refractivity contribution in [2.24, 2.45) is 0 Å². The van der Waals surface area contributed by atoms with E-state index in [1.807, 2.05) is 14.0 Å². The van der Waals surface area contributed by atoms with E-state index in [0.29, 0.717) is 40.4 Å². The van der Waals surface area contributed by atoms with Gasteiger partial charge in [-0.3, -0.25) is 9.89 Å². The Hall–Kier alpha value is -1.41. The maximum atomic E-state index is 11.8. The van der Waals surface area contributed by atoms with Crippen LogP contribution in [0.15, 0.2) is 18.2 Å². The predicted octanol–water partition coefficient (Wildman–Crippen LogP) is 1.91. The summed E-state index contributed by atoms with van der Waals surface area (Å²) in [5, 5.41) is 7.04. The van der Waals surface area contributed by atoms with Crippen molar-refractivity contribution in [1.29, 1.82) is 0 Å². The molecule has 1 aromatic carbocycles. The highest BCUT2D eigenvalue weighted by molar-refractivity contribution is 7.71. The highest BCUT2D eigenvalue weighted by Gasteiger charge is 2.13. The first-order valence-corrected chi connectivity index (χ1v) is 8.77. The highest BCUT2D eigenvalue weighted by atomic mass is 35.5. The molecule has 0 aliphatic carbocycles. The van der Waals surface area contributed by atoms with Crippen LogP contribution in [0, 0.1) is 4.77 Å². The van der Waals surface area contributed by atoms with Gasteiger partial charge in [-0.1, -0.05) is 30.1 Å². The number of H-pyrrole nitrogens is 1. The van der Waals surface area contributed by atoms with Gasteiger partial charge in [0.15, 0.2) is 19.0 Å². The standard InChI is InChI=1S/C15H19Cl2N5OS/c1-3-6-18-13(23)8-21(2)9-22-15(24)19-14(20-22)11-5-4-10(16)7-12(11)17/h4-5,7H,3,6,8-9H2,1-2H3,(H,18,23)(H,19,20,24)/p+1. The third-order valence-corrected chi connectivity index (χ3v) is 4.19. The van der Waals surface area contributed by atoms with Gasteiger partial charge in [0.2, 0.25) is 4.77 Å². The summed E-state index contributed by atoms with van der Waals surface area (Å²) in [5.41, 5.74) is 0.726. The van der Waals surface area contributed by atoms with E-state index in [0.717, 1.165) is 16.9 Å². The fourth-order valence-electron chi connectivity index (χ4n) is 2.19. The van der Waals surface area contributed by atoms with Gasteiger partial charge in [0.25, 0.3) is 5.91 Å². The van der Waals surface area contributed by atoms with Crippen molar-refractivity contribution in [1.82, 2.24) is 20.1 Å². The van der Waals surface area contributed by atoms with Gasteiger partial charge in [-0.2, -0.15) is 4.98 Å². The second-order valence-electron chi connectivity index (χ2n) is 5.55. The summed E-state index contributed by atoms with van der Waals surface area (Å²) >= 11 is 17.4. The van der Waals surface area contributed by atoms with Crippen LogP contribution >= 0.6 is 35.4 Å². The average molecular weight is 389 g/mol. The van der Waals surface area contributed by atoms with Crippen molar-refractivity contribution in [3.63, 3.8) is 0 Å². The summed E-state index contributed by atoms with van der Waals surface area (Å²) in [6, 6.07) is 5.19. The molecule has 0 fully saturated rings. The monoisotopic (exact) mass is 388 g/mol. The Kier molecular flexibility index (Phi) is 6.79. The first-order valence-electron chi connectivity index (χ1n) is 7.61. The van der Waals surface area contributed by atoms with Gasteiger partial charge in [0.05, 0.1) is 12.1 Å². The molecule has 1 atom stereocenters. The SMILES string of the molecule is CCCNC(=O)C[NH+](C)Cn1[nH]c(-c2ccc(Cl)cc2Cl)nc1=S. The van der Waals surface area contributed by atoms with Gasteiger partial charge < -0.3 is 10.2 Å². The average Bonchev–Trinajstić information content (AvgIpc) is 2.85. The number of rotatable bonds is 7. The van der Waals surface area contributed by atoms with Crippen LogP contribution in [0.4, 0.5) is 0 Å². The maximum absolute atomic E-state index is 11.8. The molecule has 130 valence electrons. The summed E-state index contributed by atoms with van der Waals surface area (Å²) < 4.78 is 2.13. The van der Waals surface area contributed by atoms with Crippen molar-refractivity contribution < 1.29 is 9.69 Å². The first kappa shape index (κ1) is 18.9.